The van der Waals surface area contributed by atoms with Crippen LogP contribution in [0.15, 0.2) is 30.3 Å². The fraction of sp³-hybridized carbons (Fsp3) is 0.556. The van der Waals surface area contributed by atoms with Gasteiger partial charge in [-0.15, -0.1) is 0 Å². The summed E-state index contributed by atoms with van der Waals surface area (Å²) in [4.78, 5) is 26.2. The van der Waals surface area contributed by atoms with Crippen LogP contribution in [0.4, 0.5) is 0 Å². The quantitative estimate of drug-likeness (QED) is 0.821. The topological polar surface area (TPSA) is 49.4 Å². The van der Waals surface area contributed by atoms with Crippen LogP contribution in [0.5, 0.6) is 0 Å². The second kappa shape index (κ2) is 8.57. The molecule has 4 heteroatoms. The molecule has 1 unspecified atom stereocenters. The van der Waals surface area contributed by atoms with Crippen molar-refractivity contribution < 1.29 is 9.59 Å². The second-order valence-corrected chi connectivity index (χ2v) is 5.87. The third-order valence-electron chi connectivity index (χ3n) is 4.31. The number of carbonyl (C=O) groups excluding carboxylic acids is 2. The van der Waals surface area contributed by atoms with Gasteiger partial charge in [-0.2, -0.15) is 0 Å². The van der Waals surface area contributed by atoms with E-state index in [2.05, 4.69) is 12.2 Å². The third kappa shape index (κ3) is 4.58. The SMILES string of the molecule is CCC1CCCCN1C(=O)CCCNC(=O)c1ccccc1. The Labute approximate surface area is 132 Å². The van der Waals surface area contributed by atoms with Crippen LogP contribution >= 0.6 is 0 Å². The van der Waals surface area contributed by atoms with E-state index in [1.807, 2.05) is 23.1 Å². The Morgan fingerprint density at radius 3 is 2.73 bits per heavy atom. The third-order valence-corrected chi connectivity index (χ3v) is 4.31. The van der Waals surface area contributed by atoms with Gasteiger partial charge in [0.25, 0.3) is 5.91 Å². The molecule has 2 amide bonds. The molecule has 22 heavy (non-hydrogen) atoms. The van der Waals surface area contributed by atoms with E-state index in [4.69, 9.17) is 0 Å². The van der Waals surface area contributed by atoms with Gasteiger partial charge < -0.3 is 10.2 Å². The zero-order chi connectivity index (χ0) is 15.8. The lowest BCUT2D eigenvalue weighted by molar-refractivity contribution is -0.135. The van der Waals surface area contributed by atoms with E-state index >= 15 is 0 Å². The molecule has 1 saturated heterocycles. The van der Waals surface area contributed by atoms with E-state index in [1.165, 1.54) is 6.42 Å². The highest BCUT2D eigenvalue weighted by atomic mass is 16.2. The summed E-state index contributed by atoms with van der Waals surface area (Å²) in [5, 5.41) is 2.87. The number of nitrogens with one attached hydrogen (secondary N) is 1. The van der Waals surface area contributed by atoms with E-state index in [9.17, 15) is 9.59 Å². The maximum Gasteiger partial charge on any atom is 0.251 e. The standard InChI is InChI=1S/C18H26N2O2/c1-2-16-11-6-7-14-20(16)17(21)12-8-13-19-18(22)15-9-4-3-5-10-15/h3-5,9-10,16H,2,6-8,11-14H2,1H3,(H,19,22). The average molecular weight is 302 g/mol. The molecule has 1 aliphatic rings. The first kappa shape index (κ1) is 16.5. The van der Waals surface area contributed by atoms with Gasteiger partial charge in [0.1, 0.15) is 0 Å². The van der Waals surface area contributed by atoms with Crippen molar-refractivity contribution in [3.8, 4) is 0 Å². The van der Waals surface area contributed by atoms with Gasteiger partial charge in [-0.1, -0.05) is 25.1 Å². The summed E-state index contributed by atoms with van der Waals surface area (Å²) in [6, 6.07) is 9.58. The molecule has 1 aromatic rings. The van der Waals surface area contributed by atoms with Crippen LogP contribution in [0.2, 0.25) is 0 Å². The van der Waals surface area contributed by atoms with Gasteiger partial charge in [-0.25, -0.2) is 0 Å². The van der Waals surface area contributed by atoms with Crippen LogP contribution in [-0.4, -0.2) is 35.8 Å². The van der Waals surface area contributed by atoms with Gasteiger partial charge in [0.05, 0.1) is 0 Å². The average Bonchev–Trinajstić information content (AvgIpc) is 2.59. The van der Waals surface area contributed by atoms with Crippen LogP contribution < -0.4 is 5.32 Å². The molecule has 1 N–H and O–H groups in total. The molecular formula is C18H26N2O2. The first-order chi connectivity index (χ1) is 10.7. The van der Waals surface area contributed by atoms with Crippen LogP contribution in [0.1, 0.15) is 55.8 Å². The van der Waals surface area contributed by atoms with Gasteiger partial charge >= 0.3 is 0 Å². The highest BCUT2D eigenvalue weighted by molar-refractivity contribution is 5.94. The number of rotatable bonds is 6. The lowest BCUT2D eigenvalue weighted by atomic mass is 9.99. The van der Waals surface area contributed by atoms with E-state index in [-0.39, 0.29) is 11.8 Å². The Hall–Kier alpha value is -1.84. The van der Waals surface area contributed by atoms with Crippen molar-refractivity contribution in [2.75, 3.05) is 13.1 Å². The van der Waals surface area contributed by atoms with E-state index in [0.717, 1.165) is 25.8 Å². The van der Waals surface area contributed by atoms with Crippen molar-refractivity contribution in [2.24, 2.45) is 0 Å². The number of likely N-dealkylation sites (tertiary alicyclic amines) is 1. The van der Waals surface area contributed by atoms with Crippen molar-refractivity contribution in [3.63, 3.8) is 0 Å². The fourth-order valence-corrected chi connectivity index (χ4v) is 3.03. The lowest BCUT2D eigenvalue weighted by Gasteiger charge is -2.35. The summed E-state index contributed by atoms with van der Waals surface area (Å²) < 4.78 is 0. The second-order valence-electron chi connectivity index (χ2n) is 5.87. The number of hydrogen-bond donors (Lipinski definition) is 1. The van der Waals surface area contributed by atoms with Gasteiger partial charge in [0.15, 0.2) is 0 Å². The molecule has 1 fully saturated rings. The molecule has 1 aromatic carbocycles. The Morgan fingerprint density at radius 1 is 1.23 bits per heavy atom. The normalized spacial score (nSPS) is 18.0. The maximum atomic E-state index is 12.3. The minimum atomic E-state index is -0.0718. The molecular weight excluding hydrogens is 276 g/mol. The fourth-order valence-electron chi connectivity index (χ4n) is 3.03. The molecule has 0 radical (unpaired) electrons. The van der Waals surface area contributed by atoms with Crippen LogP contribution in [-0.2, 0) is 4.79 Å². The Kier molecular flexibility index (Phi) is 6.44. The number of benzene rings is 1. The molecule has 4 nitrogen and oxygen atoms in total. The first-order valence-electron chi connectivity index (χ1n) is 8.35. The number of amides is 2. The van der Waals surface area contributed by atoms with Crippen molar-refractivity contribution in [3.05, 3.63) is 35.9 Å². The summed E-state index contributed by atoms with van der Waals surface area (Å²) in [5.74, 6) is 0.165. The number of nitrogens with zero attached hydrogens (tertiary/aromatic N) is 1. The number of carbonyl (C=O) groups is 2. The van der Waals surface area contributed by atoms with Gasteiger partial charge in [-0.3, -0.25) is 9.59 Å². The molecule has 2 rings (SSSR count). The molecule has 0 aliphatic carbocycles. The zero-order valence-electron chi connectivity index (χ0n) is 13.4. The van der Waals surface area contributed by atoms with Crippen LogP contribution in [0.3, 0.4) is 0 Å². The zero-order valence-corrected chi connectivity index (χ0v) is 13.4. The first-order valence-corrected chi connectivity index (χ1v) is 8.35. The maximum absolute atomic E-state index is 12.3. The van der Waals surface area contributed by atoms with Gasteiger partial charge in [0.2, 0.25) is 5.91 Å². The summed E-state index contributed by atoms with van der Waals surface area (Å²) in [7, 11) is 0. The summed E-state index contributed by atoms with van der Waals surface area (Å²) >= 11 is 0. The largest absolute Gasteiger partial charge is 0.352 e. The molecule has 1 heterocycles. The van der Waals surface area contributed by atoms with Crippen molar-refractivity contribution >= 4 is 11.8 Å². The van der Waals surface area contributed by atoms with Crippen LogP contribution in [0, 0.1) is 0 Å². The van der Waals surface area contributed by atoms with Crippen molar-refractivity contribution in [2.45, 2.75) is 51.5 Å². The highest BCUT2D eigenvalue weighted by Crippen LogP contribution is 2.20. The molecule has 0 saturated carbocycles. The molecule has 1 atom stereocenters. The smallest absolute Gasteiger partial charge is 0.251 e. The molecule has 1 aliphatic heterocycles. The highest BCUT2D eigenvalue weighted by Gasteiger charge is 2.24. The van der Waals surface area contributed by atoms with E-state index in [1.54, 1.807) is 12.1 Å². The number of hydrogen-bond acceptors (Lipinski definition) is 2. The minimum absolute atomic E-state index is 0.0718. The van der Waals surface area contributed by atoms with Gasteiger partial charge in [0, 0.05) is 31.1 Å². The van der Waals surface area contributed by atoms with Crippen molar-refractivity contribution in [1.29, 1.82) is 0 Å². The Morgan fingerprint density at radius 2 is 2.00 bits per heavy atom. The van der Waals surface area contributed by atoms with Crippen LogP contribution in [0.25, 0.3) is 0 Å². The number of piperidine rings is 1. The summed E-state index contributed by atoms with van der Waals surface area (Å²) in [5.41, 5.74) is 0.663. The summed E-state index contributed by atoms with van der Waals surface area (Å²) in [6.45, 7) is 3.59. The van der Waals surface area contributed by atoms with Gasteiger partial charge in [-0.05, 0) is 44.2 Å². The monoisotopic (exact) mass is 302 g/mol. The minimum Gasteiger partial charge on any atom is -0.352 e. The van der Waals surface area contributed by atoms with Crippen molar-refractivity contribution in [1.82, 2.24) is 10.2 Å². The predicted octanol–water partition coefficient (Wildman–Crippen LogP) is 2.99. The molecule has 0 bridgehead atoms. The molecule has 120 valence electrons. The molecule has 0 spiro atoms. The van der Waals surface area contributed by atoms with E-state index in [0.29, 0.717) is 31.0 Å². The Bertz CT molecular complexity index is 487. The molecule has 0 aromatic heterocycles. The lowest BCUT2D eigenvalue weighted by Crippen LogP contribution is -2.43. The summed E-state index contributed by atoms with van der Waals surface area (Å²) in [6.07, 6.45) is 5.74. The Balaban J connectivity index is 1.70. The predicted molar refractivity (Wildman–Crippen MR) is 87.7 cm³/mol. The van der Waals surface area contributed by atoms with E-state index < -0.39 is 0 Å².